The van der Waals surface area contributed by atoms with E-state index in [-0.39, 0.29) is 0 Å². The average molecular weight is 158 g/mol. The Bertz CT molecular complexity index is 97.8. The van der Waals surface area contributed by atoms with Crippen LogP contribution in [0, 0.1) is 0 Å². The van der Waals surface area contributed by atoms with E-state index in [9.17, 15) is 0 Å². The van der Waals surface area contributed by atoms with E-state index in [4.69, 9.17) is 0 Å². The van der Waals surface area contributed by atoms with Crippen LogP contribution in [-0.2, 0) is 0 Å². The van der Waals surface area contributed by atoms with Crippen molar-refractivity contribution in [1.29, 1.82) is 0 Å². The highest BCUT2D eigenvalue weighted by Gasteiger charge is 2.35. The van der Waals surface area contributed by atoms with Crippen molar-refractivity contribution in [2.45, 2.75) is 56.5 Å². The molecule has 0 radical (unpaired) electrons. The zero-order chi connectivity index (χ0) is 7.61. The lowest BCUT2D eigenvalue weighted by Gasteiger charge is -2.41. The van der Waals surface area contributed by atoms with Crippen LogP contribution in [0.4, 0.5) is 0 Å². The summed E-state index contributed by atoms with van der Waals surface area (Å²) in [5, 5.41) is 0.820. The number of thioether (sulfide) groups is 1. The summed E-state index contributed by atoms with van der Waals surface area (Å²) in [6.07, 6.45) is 5.77. The van der Waals surface area contributed by atoms with Gasteiger partial charge < -0.3 is 0 Å². The van der Waals surface area contributed by atoms with Crippen molar-refractivity contribution in [1.82, 2.24) is 0 Å². The summed E-state index contributed by atoms with van der Waals surface area (Å²) >= 11 is 2.19. The van der Waals surface area contributed by atoms with Crippen LogP contribution in [0.5, 0.6) is 0 Å². The maximum absolute atomic E-state index is 2.33. The molecule has 1 aliphatic rings. The first-order valence-corrected chi connectivity index (χ1v) is 5.24. The Balaban J connectivity index is 2.33. The van der Waals surface area contributed by atoms with E-state index in [1.807, 2.05) is 0 Å². The maximum Gasteiger partial charge on any atom is 0.0160 e. The van der Waals surface area contributed by atoms with Crippen LogP contribution in [0.2, 0.25) is 0 Å². The molecule has 0 aromatic heterocycles. The topological polar surface area (TPSA) is 0 Å². The van der Waals surface area contributed by atoms with Gasteiger partial charge in [-0.2, -0.15) is 11.8 Å². The van der Waals surface area contributed by atoms with E-state index in [1.165, 1.54) is 25.7 Å². The highest BCUT2D eigenvalue weighted by molar-refractivity contribution is 8.01. The Morgan fingerprint density at radius 2 is 2.00 bits per heavy atom. The fourth-order valence-electron chi connectivity index (χ4n) is 1.63. The van der Waals surface area contributed by atoms with E-state index in [1.54, 1.807) is 0 Å². The first-order valence-electron chi connectivity index (χ1n) is 4.36. The van der Waals surface area contributed by atoms with Gasteiger partial charge in [0.1, 0.15) is 0 Å². The van der Waals surface area contributed by atoms with Gasteiger partial charge in [-0.15, -0.1) is 0 Å². The zero-order valence-electron chi connectivity index (χ0n) is 7.31. The fraction of sp³-hybridized carbons (Fsp3) is 1.00. The third kappa shape index (κ3) is 1.69. The third-order valence-electron chi connectivity index (χ3n) is 2.39. The summed E-state index contributed by atoms with van der Waals surface area (Å²) in [6, 6.07) is 0. The SMILES string of the molecule is CCC1(SC(C)C)CCC1. The van der Waals surface area contributed by atoms with Gasteiger partial charge in [-0.3, -0.25) is 0 Å². The summed E-state index contributed by atoms with van der Waals surface area (Å²) in [6.45, 7) is 6.94. The molecule has 0 aliphatic heterocycles. The lowest BCUT2D eigenvalue weighted by Crippen LogP contribution is -2.33. The van der Waals surface area contributed by atoms with E-state index in [2.05, 4.69) is 32.5 Å². The van der Waals surface area contributed by atoms with Crippen molar-refractivity contribution in [3.05, 3.63) is 0 Å². The van der Waals surface area contributed by atoms with Gasteiger partial charge in [-0.05, 0) is 24.5 Å². The first kappa shape index (κ1) is 8.45. The van der Waals surface area contributed by atoms with Crippen LogP contribution < -0.4 is 0 Å². The number of hydrogen-bond donors (Lipinski definition) is 0. The number of rotatable bonds is 3. The highest BCUT2D eigenvalue weighted by Crippen LogP contribution is 2.48. The summed E-state index contributed by atoms with van der Waals surface area (Å²) in [7, 11) is 0. The molecule has 0 spiro atoms. The summed E-state index contributed by atoms with van der Waals surface area (Å²) < 4.78 is 0.703. The standard InChI is InChI=1S/C9H18S/c1-4-9(6-5-7-9)10-8(2)3/h8H,4-7H2,1-3H3. The molecule has 10 heavy (non-hydrogen) atoms. The molecule has 0 aromatic carbocycles. The second-order valence-electron chi connectivity index (χ2n) is 3.56. The van der Waals surface area contributed by atoms with E-state index >= 15 is 0 Å². The van der Waals surface area contributed by atoms with E-state index in [0.717, 1.165) is 5.25 Å². The molecular weight excluding hydrogens is 140 g/mol. The van der Waals surface area contributed by atoms with Gasteiger partial charge in [0.05, 0.1) is 0 Å². The fourth-order valence-corrected chi connectivity index (χ4v) is 3.32. The van der Waals surface area contributed by atoms with Gasteiger partial charge >= 0.3 is 0 Å². The predicted octanol–water partition coefficient (Wildman–Crippen LogP) is 3.46. The van der Waals surface area contributed by atoms with Gasteiger partial charge in [0.15, 0.2) is 0 Å². The van der Waals surface area contributed by atoms with Crippen LogP contribution >= 0.6 is 11.8 Å². The Morgan fingerprint density at radius 1 is 1.40 bits per heavy atom. The third-order valence-corrected chi connectivity index (χ3v) is 4.06. The molecule has 0 saturated heterocycles. The molecule has 0 heterocycles. The van der Waals surface area contributed by atoms with Crippen molar-refractivity contribution in [2.75, 3.05) is 0 Å². The molecular formula is C9H18S. The van der Waals surface area contributed by atoms with Gasteiger partial charge in [-0.25, -0.2) is 0 Å². The molecule has 1 fully saturated rings. The molecule has 0 N–H and O–H groups in total. The molecule has 0 aromatic rings. The van der Waals surface area contributed by atoms with Crippen molar-refractivity contribution in [3.8, 4) is 0 Å². The maximum atomic E-state index is 2.33. The predicted molar refractivity (Wildman–Crippen MR) is 49.6 cm³/mol. The van der Waals surface area contributed by atoms with Crippen LogP contribution in [-0.4, -0.2) is 10.00 Å². The minimum Gasteiger partial charge on any atom is -0.152 e. The van der Waals surface area contributed by atoms with Crippen molar-refractivity contribution in [2.24, 2.45) is 0 Å². The van der Waals surface area contributed by atoms with Gasteiger partial charge in [0.25, 0.3) is 0 Å². The largest absolute Gasteiger partial charge is 0.152 e. The zero-order valence-corrected chi connectivity index (χ0v) is 8.13. The molecule has 1 heteroatoms. The normalized spacial score (nSPS) is 22.8. The van der Waals surface area contributed by atoms with Crippen molar-refractivity contribution >= 4 is 11.8 Å². The van der Waals surface area contributed by atoms with Crippen LogP contribution in [0.25, 0.3) is 0 Å². The lowest BCUT2D eigenvalue weighted by molar-refractivity contribution is 0.352. The lowest BCUT2D eigenvalue weighted by atomic mass is 9.82. The highest BCUT2D eigenvalue weighted by atomic mass is 32.2. The first-order chi connectivity index (χ1) is 4.68. The second kappa shape index (κ2) is 3.17. The Hall–Kier alpha value is 0.350. The smallest absolute Gasteiger partial charge is 0.0160 e. The van der Waals surface area contributed by atoms with Crippen LogP contribution in [0.15, 0.2) is 0 Å². The van der Waals surface area contributed by atoms with E-state index in [0.29, 0.717) is 4.75 Å². The molecule has 60 valence electrons. The van der Waals surface area contributed by atoms with E-state index < -0.39 is 0 Å². The Labute approximate surface area is 68.8 Å². The molecule has 0 nitrogen and oxygen atoms in total. The minimum atomic E-state index is 0.703. The molecule has 0 bridgehead atoms. The Kier molecular flexibility index (Phi) is 2.67. The summed E-state index contributed by atoms with van der Waals surface area (Å²) in [5.41, 5.74) is 0. The Morgan fingerprint density at radius 3 is 2.10 bits per heavy atom. The molecule has 1 aliphatic carbocycles. The average Bonchev–Trinajstić information content (AvgIpc) is 1.78. The molecule has 0 amide bonds. The number of hydrogen-bond acceptors (Lipinski definition) is 1. The van der Waals surface area contributed by atoms with Gasteiger partial charge in [0.2, 0.25) is 0 Å². The van der Waals surface area contributed by atoms with Gasteiger partial charge in [-0.1, -0.05) is 27.2 Å². The molecule has 1 saturated carbocycles. The molecule has 1 rings (SSSR count). The molecule has 0 atom stereocenters. The second-order valence-corrected chi connectivity index (χ2v) is 5.60. The minimum absolute atomic E-state index is 0.703. The van der Waals surface area contributed by atoms with Crippen molar-refractivity contribution in [3.63, 3.8) is 0 Å². The van der Waals surface area contributed by atoms with Crippen LogP contribution in [0.3, 0.4) is 0 Å². The quantitative estimate of drug-likeness (QED) is 0.606. The monoisotopic (exact) mass is 158 g/mol. The van der Waals surface area contributed by atoms with Crippen molar-refractivity contribution < 1.29 is 0 Å². The summed E-state index contributed by atoms with van der Waals surface area (Å²) in [4.78, 5) is 0. The van der Waals surface area contributed by atoms with Gasteiger partial charge in [0, 0.05) is 4.75 Å². The van der Waals surface area contributed by atoms with Crippen LogP contribution in [0.1, 0.15) is 46.5 Å². The molecule has 0 unspecified atom stereocenters. The summed E-state index contributed by atoms with van der Waals surface area (Å²) in [5.74, 6) is 0.